The first kappa shape index (κ1) is 22.6. The van der Waals surface area contributed by atoms with Crippen LogP contribution in [0.3, 0.4) is 0 Å². The minimum atomic E-state index is -0.330. The van der Waals surface area contributed by atoms with E-state index >= 15 is 0 Å². The maximum atomic E-state index is 13.9. The fourth-order valence-corrected chi connectivity index (χ4v) is 3.00. The van der Waals surface area contributed by atoms with Crippen LogP contribution in [0, 0.1) is 17.1 Å². The molecule has 2 N–H and O–H groups in total. The van der Waals surface area contributed by atoms with Crippen molar-refractivity contribution < 1.29 is 4.39 Å². The zero-order valence-corrected chi connectivity index (χ0v) is 18.1. The van der Waals surface area contributed by atoms with Crippen LogP contribution in [0.25, 0.3) is 0 Å². The molecule has 0 aromatic heterocycles. The van der Waals surface area contributed by atoms with Gasteiger partial charge in [0, 0.05) is 37.3 Å². The smallest absolute Gasteiger partial charge is 0.191 e. The molecule has 7 heteroatoms. The molecule has 26 heavy (non-hydrogen) atoms. The second-order valence-corrected chi connectivity index (χ2v) is 6.66. The topological polar surface area (TPSA) is 63.5 Å². The molecule has 0 saturated carbocycles. The van der Waals surface area contributed by atoms with E-state index in [1.807, 2.05) is 13.0 Å². The highest BCUT2D eigenvalue weighted by atomic mass is 127. The van der Waals surface area contributed by atoms with Gasteiger partial charge in [-0.05, 0) is 51.8 Å². The molecule has 0 atom stereocenters. The van der Waals surface area contributed by atoms with Gasteiger partial charge in [0.05, 0.1) is 18.2 Å². The number of nitriles is 1. The Morgan fingerprint density at radius 1 is 1.38 bits per heavy atom. The van der Waals surface area contributed by atoms with Crippen molar-refractivity contribution in [1.29, 1.82) is 5.26 Å². The minimum Gasteiger partial charge on any atom is -0.357 e. The largest absolute Gasteiger partial charge is 0.357 e. The van der Waals surface area contributed by atoms with Crippen LogP contribution in [0.15, 0.2) is 23.2 Å². The number of likely N-dealkylation sites (tertiary alicyclic amines) is 1. The zero-order valence-electron chi connectivity index (χ0n) is 15.8. The van der Waals surface area contributed by atoms with Crippen LogP contribution in [0.2, 0.25) is 0 Å². The standard InChI is InChI=1S/C19H28FN5.HI/c1-4-22-19(24-17-7-9-25(10-8-17)14(2)3)23-13-16-11-15(12-21)5-6-18(16)20;/h5-6,11,14,17H,4,7-10,13H2,1-3H3,(H2,22,23,24);1H. The van der Waals surface area contributed by atoms with Crippen molar-refractivity contribution in [2.45, 2.75) is 52.2 Å². The maximum Gasteiger partial charge on any atom is 0.191 e. The summed E-state index contributed by atoms with van der Waals surface area (Å²) >= 11 is 0. The quantitative estimate of drug-likeness (QED) is 0.392. The number of aliphatic imine (C=N–C) groups is 1. The van der Waals surface area contributed by atoms with Crippen LogP contribution in [-0.2, 0) is 6.54 Å². The number of nitrogens with zero attached hydrogens (tertiary/aromatic N) is 3. The number of guanidine groups is 1. The van der Waals surface area contributed by atoms with E-state index in [0.29, 0.717) is 29.2 Å². The molecule has 0 radical (unpaired) electrons. The summed E-state index contributed by atoms with van der Waals surface area (Å²) in [5, 5.41) is 15.6. The van der Waals surface area contributed by atoms with E-state index in [-0.39, 0.29) is 36.3 Å². The SMILES string of the molecule is CCNC(=NCc1cc(C#N)ccc1F)NC1CCN(C(C)C)CC1.I. The average Bonchev–Trinajstić information content (AvgIpc) is 2.61. The second kappa shape index (κ2) is 11.3. The molecule has 1 aliphatic heterocycles. The second-order valence-electron chi connectivity index (χ2n) is 6.66. The molecule has 1 aromatic carbocycles. The molecule has 0 unspecified atom stereocenters. The van der Waals surface area contributed by atoms with E-state index in [0.717, 1.165) is 32.5 Å². The maximum absolute atomic E-state index is 13.9. The highest BCUT2D eigenvalue weighted by Gasteiger charge is 2.21. The van der Waals surface area contributed by atoms with E-state index in [1.54, 1.807) is 6.07 Å². The van der Waals surface area contributed by atoms with Gasteiger partial charge in [0.1, 0.15) is 5.82 Å². The summed E-state index contributed by atoms with van der Waals surface area (Å²) in [6.45, 7) is 9.57. The van der Waals surface area contributed by atoms with Gasteiger partial charge in [0.2, 0.25) is 0 Å². The summed E-state index contributed by atoms with van der Waals surface area (Å²) in [5.74, 6) is 0.371. The molecule has 0 spiro atoms. The zero-order chi connectivity index (χ0) is 18.2. The Bertz CT molecular complexity index is 633. The van der Waals surface area contributed by atoms with Crippen LogP contribution in [0.4, 0.5) is 4.39 Å². The van der Waals surface area contributed by atoms with Gasteiger partial charge in [-0.25, -0.2) is 9.38 Å². The van der Waals surface area contributed by atoms with Gasteiger partial charge in [-0.3, -0.25) is 0 Å². The molecule has 1 aliphatic rings. The van der Waals surface area contributed by atoms with Crippen LogP contribution >= 0.6 is 24.0 Å². The van der Waals surface area contributed by atoms with Crippen LogP contribution in [-0.4, -0.2) is 42.6 Å². The van der Waals surface area contributed by atoms with Gasteiger partial charge in [0.15, 0.2) is 5.96 Å². The number of piperidine rings is 1. The number of halogens is 2. The third-order valence-electron chi connectivity index (χ3n) is 4.53. The van der Waals surface area contributed by atoms with Crippen molar-refractivity contribution in [3.8, 4) is 6.07 Å². The third-order valence-corrected chi connectivity index (χ3v) is 4.53. The highest BCUT2D eigenvalue weighted by Crippen LogP contribution is 2.14. The number of nitrogens with one attached hydrogen (secondary N) is 2. The first-order valence-corrected chi connectivity index (χ1v) is 9.01. The van der Waals surface area contributed by atoms with Crippen molar-refractivity contribution >= 4 is 29.9 Å². The number of hydrogen-bond donors (Lipinski definition) is 2. The van der Waals surface area contributed by atoms with Gasteiger partial charge >= 0.3 is 0 Å². The molecule has 0 aliphatic carbocycles. The average molecular weight is 473 g/mol. The lowest BCUT2D eigenvalue weighted by Gasteiger charge is -2.35. The third kappa shape index (κ3) is 6.72. The lowest BCUT2D eigenvalue weighted by Crippen LogP contribution is -2.49. The van der Waals surface area contributed by atoms with Crippen molar-refractivity contribution in [3.05, 3.63) is 35.1 Å². The number of rotatable bonds is 5. The van der Waals surface area contributed by atoms with Crippen molar-refractivity contribution in [3.63, 3.8) is 0 Å². The summed E-state index contributed by atoms with van der Waals surface area (Å²) in [7, 11) is 0. The normalized spacial score (nSPS) is 16.1. The van der Waals surface area contributed by atoms with E-state index in [2.05, 4.69) is 34.4 Å². The van der Waals surface area contributed by atoms with Gasteiger partial charge in [-0.2, -0.15) is 5.26 Å². The summed E-state index contributed by atoms with van der Waals surface area (Å²) in [5.41, 5.74) is 0.886. The predicted molar refractivity (Wildman–Crippen MR) is 114 cm³/mol. The van der Waals surface area contributed by atoms with Crippen molar-refractivity contribution in [2.24, 2.45) is 4.99 Å². The van der Waals surface area contributed by atoms with Crippen molar-refractivity contribution in [2.75, 3.05) is 19.6 Å². The summed E-state index contributed by atoms with van der Waals surface area (Å²) < 4.78 is 13.9. The fourth-order valence-electron chi connectivity index (χ4n) is 3.00. The van der Waals surface area contributed by atoms with E-state index < -0.39 is 0 Å². The van der Waals surface area contributed by atoms with Crippen LogP contribution < -0.4 is 10.6 Å². The molecule has 0 bridgehead atoms. The van der Waals surface area contributed by atoms with Gasteiger partial charge < -0.3 is 15.5 Å². The number of hydrogen-bond acceptors (Lipinski definition) is 3. The Morgan fingerprint density at radius 2 is 2.08 bits per heavy atom. The van der Waals surface area contributed by atoms with E-state index in [9.17, 15) is 4.39 Å². The monoisotopic (exact) mass is 473 g/mol. The Morgan fingerprint density at radius 3 is 2.65 bits per heavy atom. The summed E-state index contributed by atoms with van der Waals surface area (Å²) in [6.07, 6.45) is 2.14. The Labute approximate surface area is 173 Å². The van der Waals surface area contributed by atoms with E-state index in [1.165, 1.54) is 12.1 Å². The first-order valence-electron chi connectivity index (χ1n) is 9.01. The lowest BCUT2D eigenvalue weighted by molar-refractivity contribution is 0.167. The molecule has 5 nitrogen and oxygen atoms in total. The molecule has 144 valence electrons. The molecule has 0 amide bonds. The molecular weight excluding hydrogens is 444 g/mol. The molecule has 1 aromatic rings. The molecule has 1 heterocycles. The predicted octanol–water partition coefficient (Wildman–Crippen LogP) is 3.24. The van der Waals surface area contributed by atoms with Gasteiger partial charge in [-0.1, -0.05) is 0 Å². The summed E-state index contributed by atoms with van der Waals surface area (Å²) in [4.78, 5) is 6.98. The van der Waals surface area contributed by atoms with Crippen molar-refractivity contribution in [1.82, 2.24) is 15.5 Å². The molecule has 2 rings (SSSR count). The molecule has 1 saturated heterocycles. The molecular formula is C19H29FIN5. The van der Waals surface area contributed by atoms with Gasteiger partial charge in [0.25, 0.3) is 0 Å². The molecule has 1 fully saturated rings. The van der Waals surface area contributed by atoms with Crippen LogP contribution in [0.1, 0.15) is 44.7 Å². The van der Waals surface area contributed by atoms with Gasteiger partial charge in [-0.15, -0.1) is 24.0 Å². The summed E-state index contributed by atoms with van der Waals surface area (Å²) in [6, 6.07) is 7.36. The number of benzene rings is 1. The highest BCUT2D eigenvalue weighted by molar-refractivity contribution is 14.0. The first-order chi connectivity index (χ1) is 12.0. The Kier molecular flexibility index (Phi) is 9.88. The lowest BCUT2D eigenvalue weighted by atomic mass is 10.0. The van der Waals surface area contributed by atoms with Crippen LogP contribution in [0.5, 0.6) is 0 Å². The minimum absolute atomic E-state index is 0. The fraction of sp³-hybridized carbons (Fsp3) is 0.579. The van der Waals surface area contributed by atoms with E-state index in [4.69, 9.17) is 5.26 Å². The Hall–Kier alpha value is -1.40. The Balaban J connectivity index is 0.00000338.